The first-order valence-electron chi connectivity index (χ1n) is 2.98. The topological polar surface area (TPSA) is 9.23 Å². The van der Waals surface area contributed by atoms with Crippen molar-refractivity contribution in [2.75, 3.05) is 7.11 Å². The summed E-state index contributed by atoms with van der Waals surface area (Å²) in [7, 11) is 1.64. The van der Waals surface area contributed by atoms with Crippen LogP contribution in [0, 0.1) is 6.07 Å². The molecule has 0 aliphatic rings. The minimum Gasteiger partial charge on any atom is -0.380 e. The summed E-state index contributed by atoms with van der Waals surface area (Å²) in [6, 6.07) is 8.33. The van der Waals surface area contributed by atoms with Crippen LogP contribution in [0.5, 0.6) is 0 Å². The molecule has 1 radical (unpaired) electrons. The fourth-order valence-electron chi connectivity index (χ4n) is 0.712. The van der Waals surface area contributed by atoms with Crippen molar-refractivity contribution in [2.24, 2.45) is 0 Å². The second-order valence-electron chi connectivity index (χ2n) is 1.95. The van der Waals surface area contributed by atoms with Gasteiger partial charge in [-0.05, 0) is 23.8 Å². The van der Waals surface area contributed by atoms with Crippen molar-refractivity contribution in [3.8, 4) is 0 Å². The molecule has 0 fully saturated rings. The Bertz CT molecular complexity index is 210. The van der Waals surface area contributed by atoms with Crippen molar-refractivity contribution in [1.82, 2.24) is 0 Å². The number of benzene rings is 1. The van der Waals surface area contributed by atoms with Crippen molar-refractivity contribution >= 4 is 11.6 Å². The molecule has 0 aliphatic heterocycles. The monoisotopic (exact) mass is 155 g/mol. The molecule has 0 amide bonds. The molecule has 0 aliphatic carbocycles. The Balaban J connectivity index is 2.81. The Morgan fingerprint density at radius 1 is 1.70 bits per heavy atom. The van der Waals surface area contributed by atoms with Crippen LogP contribution in [0.15, 0.2) is 18.2 Å². The SMILES string of the molecule is COCc1c[c]ccc1Cl. The summed E-state index contributed by atoms with van der Waals surface area (Å²) in [4.78, 5) is 0. The van der Waals surface area contributed by atoms with Crippen LogP contribution in [-0.4, -0.2) is 7.11 Å². The van der Waals surface area contributed by atoms with Gasteiger partial charge in [0.15, 0.2) is 0 Å². The molecule has 0 spiro atoms. The standard InChI is InChI=1S/C8H8ClO/c1-10-6-7-4-2-3-5-8(7)9/h3-5H,6H2,1H3. The van der Waals surface area contributed by atoms with Gasteiger partial charge in [0.25, 0.3) is 0 Å². The molecule has 1 aromatic rings. The lowest BCUT2D eigenvalue weighted by molar-refractivity contribution is 0.185. The van der Waals surface area contributed by atoms with Gasteiger partial charge in [0.2, 0.25) is 0 Å². The lowest BCUT2D eigenvalue weighted by Crippen LogP contribution is -1.87. The van der Waals surface area contributed by atoms with Crippen LogP contribution in [0.4, 0.5) is 0 Å². The molecule has 0 saturated carbocycles. The molecule has 0 atom stereocenters. The third kappa shape index (κ3) is 1.72. The van der Waals surface area contributed by atoms with Gasteiger partial charge in [-0.1, -0.05) is 17.7 Å². The van der Waals surface area contributed by atoms with Crippen molar-refractivity contribution in [3.05, 3.63) is 34.9 Å². The molecule has 0 heterocycles. The van der Waals surface area contributed by atoms with E-state index in [4.69, 9.17) is 16.3 Å². The van der Waals surface area contributed by atoms with Gasteiger partial charge in [0.05, 0.1) is 6.61 Å². The lowest BCUT2D eigenvalue weighted by atomic mass is 10.2. The highest BCUT2D eigenvalue weighted by atomic mass is 35.5. The third-order valence-electron chi connectivity index (χ3n) is 1.19. The van der Waals surface area contributed by atoms with E-state index in [1.54, 1.807) is 19.2 Å². The first-order chi connectivity index (χ1) is 4.84. The molecular formula is C8H8ClO. The second-order valence-corrected chi connectivity index (χ2v) is 2.36. The zero-order valence-corrected chi connectivity index (χ0v) is 6.48. The van der Waals surface area contributed by atoms with Gasteiger partial charge >= 0.3 is 0 Å². The molecule has 0 N–H and O–H groups in total. The largest absolute Gasteiger partial charge is 0.380 e. The Hall–Kier alpha value is -0.530. The van der Waals surface area contributed by atoms with Gasteiger partial charge in [0, 0.05) is 12.1 Å². The van der Waals surface area contributed by atoms with E-state index in [9.17, 15) is 0 Å². The van der Waals surface area contributed by atoms with Crippen LogP contribution in [0.1, 0.15) is 5.56 Å². The maximum atomic E-state index is 5.80. The maximum absolute atomic E-state index is 5.80. The number of hydrogen-bond acceptors (Lipinski definition) is 1. The molecule has 0 bridgehead atoms. The predicted molar refractivity (Wildman–Crippen MR) is 41.0 cm³/mol. The molecule has 1 aromatic carbocycles. The zero-order chi connectivity index (χ0) is 7.40. The number of methoxy groups -OCH3 is 1. The van der Waals surface area contributed by atoms with Crippen LogP contribution in [0.2, 0.25) is 5.02 Å². The van der Waals surface area contributed by atoms with E-state index in [1.807, 2.05) is 6.07 Å². The Morgan fingerprint density at radius 2 is 2.50 bits per heavy atom. The molecule has 0 saturated heterocycles. The van der Waals surface area contributed by atoms with E-state index in [1.165, 1.54) is 0 Å². The highest BCUT2D eigenvalue weighted by Gasteiger charge is 1.95. The first kappa shape index (κ1) is 7.58. The summed E-state index contributed by atoms with van der Waals surface area (Å²) in [6.45, 7) is 0.552. The van der Waals surface area contributed by atoms with Crippen LogP contribution in [0.3, 0.4) is 0 Å². The molecule has 0 unspecified atom stereocenters. The summed E-state index contributed by atoms with van der Waals surface area (Å²) >= 11 is 5.80. The van der Waals surface area contributed by atoms with E-state index in [2.05, 4.69) is 6.07 Å². The fraction of sp³-hybridized carbons (Fsp3) is 0.250. The molecule has 0 aromatic heterocycles. The summed E-state index contributed by atoms with van der Waals surface area (Å²) in [5.41, 5.74) is 0.978. The van der Waals surface area contributed by atoms with Crippen LogP contribution < -0.4 is 0 Å². The lowest BCUT2D eigenvalue weighted by Gasteiger charge is -1.99. The zero-order valence-electron chi connectivity index (χ0n) is 5.73. The normalized spacial score (nSPS) is 9.80. The quantitative estimate of drug-likeness (QED) is 0.637. The van der Waals surface area contributed by atoms with Crippen molar-refractivity contribution in [2.45, 2.75) is 6.61 Å². The summed E-state index contributed by atoms with van der Waals surface area (Å²) in [5, 5.41) is 0.737. The van der Waals surface area contributed by atoms with Crippen LogP contribution >= 0.6 is 11.6 Å². The Kier molecular flexibility index (Phi) is 2.72. The van der Waals surface area contributed by atoms with E-state index >= 15 is 0 Å². The Labute approximate surface area is 65.6 Å². The molecule has 10 heavy (non-hydrogen) atoms. The number of ether oxygens (including phenoxy) is 1. The van der Waals surface area contributed by atoms with Gasteiger partial charge < -0.3 is 4.74 Å². The minimum atomic E-state index is 0.552. The average Bonchev–Trinajstić information content (AvgIpc) is 1.94. The van der Waals surface area contributed by atoms with Crippen molar-refractivity contribution < 1.29 is 4.74 Å². The Morgan fingerprint density at radius 3 is 3.10 bits per heavy atom. The summed E-state index contributed by atoms with van der Waals surface area (Å²) in [6.07, 6.45) is 0. The van der Waals surface area contributed by atoms with Crippen LogP contribution in [-0.2, 0) is 11.3 Å². The molecule has 1 rings (SSSR count). The second kappa shape index (κ2) is 3.59. The molecule has 53 valence electrons. The molecule has 1 nitrogen and oxygen atoms in total. The van der Waals surface area contributed by atoms with Gasteiger partial charge in [-0.25, -0.2) is 0 Å². The predicted octanol–water partition coefficient (Wildman–Crippen LogP) is 2.29. The smallest absolute Gasteiger partial charge is 0.0727 e. The van der Waals surface area contributed by atoms with Crippen molar-refractivity contribution in [3.63, 3.8) is 0 Å². The van der Waals surface area contributed by atoms with Crippen LogP contribution in [0.25, 0.3) is 0 Å². The van der Waals surface area contributed by atoms with E-state index in [-0.39, 0.29) is 0 Å². The highest BCUT2D eigenvalue weighted by Crippen LogP contribution is 2.14. The highest BCUT2D eigenvalue weighted by molar-refractivity contribution is 6.31. The number of halogens is 1. The van der Waals surface area contributed by atoms with E-state index in [0.717, 1.165) is 10.6 Å². The number of rotatable bonds is 2. The van der Waals surface area contributed by atoms with Gasteiger partial charge in [-0.3, -0.25) is 0 Å². The third-order valence-corrected chi connectivity index (χ3v) is 1.56. The molecule has 2 heteroatoms. The summed E-state index contributed by atoms with van der Waals surface area (Å²) < 4.78 is 4.90. The maximum Gasteiger partial charge on any atom is 0.0727 e. The van der Waals surface area contributed by atoms with Gasteiger partial charge in [-0.15, -0.1) is 0 Å². The van der Waals surface area contributed by atoms with E-state index < -0.39 is 0 Å². The molecular weight excluding hydrogens is 148 g/mol. The minimum absolute atomic E-state index is 0.552. The average molecular weight is 156 g/mol. The number of hydrogen-bond donors (Lipinski definition) is 0. The van der Waals surface area contributed by atoms with Gasteiger partial charge in [0.1, 0.15) is 0 Å². The first-order valence-corrected chi connectivity index (χ1v) is 3.36. The fourth-order valence-corrected chi connectivity index (χ4v) is 0.884. The van der Waals surface area contributed by atoms with Crippen molar-refractivity contribution in [1.29, 1.82) is 0 Å². The summed E-state index contributed by atoms with van der Waals surface area (Å²) in [5.74, 6) is 0. The van der Waals surface area contributed by atoms with E-state index in [0.29, 0.717) is 6.61 Å². The van der Waals surface area contributed by atoms with Gasteiger partial charge in [-0.2, -0.15) is 0 Å².